The molecule has 0 radical (unpaired) electrons. The second kappa shape index (κ2) is 6.30. The molecule has 0 aromatic heterocycles. The van der Waals surface area contributed by atoms with E-state index < -0.39 is 0 Å². The standard InChI is InChI=1S/C14H20FN3S/c1-18-6-2-3-10(9-18)8-17-13-5-4-11(15)7-12(13)14(16)19/h4-5,7,10,17H,2-3,6,8-9H2,1H3,(H2,16,19). The van der Waals surface area contributed by atoms with Crippen molar-refractivity contribution in [2.24, 2.45) is 11.7 Å². The number of thiocarbonyl (C=S) groups is 1. The molecular weight excluding hydrogens is 261 g/mol. The van der Waals surface area contributed by atoms with E-state index in [-0.39, 0.29) is 10.8 Å². The van der Waals surface area contributed by atoms with Crippen LogP contribution in [-0.4, -0.2) is 36.6 Å². The van der Waals surface area contributed by atoms with Crippen LogP contribution in [0.5, 0.6) is 0 Å². The molecule has 104 valence electrons. The first kappa shape index (κ1) is 14.2. The number of likely N-dealkylation sites (tertiary alicyclic amines) is 1. The average Bonchev–Trinajstić information content (AvgIpc) is 2.37. The zero-order valence-electron chi connectivity index (χ0n) is 11.2. The number of piperidine rings is 1. The van der Waals surface area contributed by atoms with Gasteiger partial charge in [-0.15, -0.1) is 0 Å². The summed E-state index contributed by atoms with van der Waals surface area (Å²) in [7, 11) is 2.14. The summed E-state index contributed by atoms with van der Waals surface area (Å²) >= 11 is 4.96. The first-order chi connectivity index (χ1) is 9.06. The Bertz CT molecular complexity index is 464. The number of benzene rings is 1. The Morgan fingerprint density at radius 3 is 3.05 bits per heavy atom. The highest BCUT2D eigenvalue weighted by atomic mass is 32.1. The SMILES string of the molecule is CN1CCCC(CNc2ccc(F)cc2C(N)=S)C1. The lowest BCUT2D eigenvalue weighted by atomic mass is 9.98. The molecule has 1 aliphatic heterocycles. The maximum atomic E-state index is 13.2. The molecule has 1 heterocycles. The summed E-state index contributed by atoms with van der Waals surface area (Å²) in [5, 5.41) is 3.35. The van der Waals surface area contributed by atoms with Gasteiger partial charge in [0, 0.05) is 24.3 Å². The molecule has 0 bridgehead atoms. The van der Waals surface area contributed by atoms with Gasteiger partial charge in [-0.2, -0.15) is 0 Å². The number of halogens is 1. The van der Waals surface area contributed by atoms with E-state index in [4.69, 9.17) is 18.0 Å². The summed E-state index contributed by atoms with van der Waals surface area (Å²) < 4.78 is 13.2. The van der Waals surface area contributed by atoms with Gasteiger partial charge < -0.3 is 16.0 Å². The molecule has 2 rings (SSSR count). The third-order valence-electron chi connectivity index (χ3n) is 3.55. The van der Waals surface area contributed by atoms with Gasteiger partial charge in [0.1, 0.15) is 10.8 Å². The van der Waals surface area contributed by atoms with Gasteiger partial charge in [0.25, 0.3) is 0 Å². The van der Waals surface area contributed by atoms with Crippen LogP contribution in [0, 0.1) is 11.7 Å². The Labute approximate surface area is 119 Å². The number of hydrogen-bond donors (Lipinski definition) is 2. The highest BCUT2D eigenvalue weighted by Gasteiger charge is 2.17. The molecule has 1 aliphatic rings. The normalized spacial score (nSPS) is 20.2. The van der Waals surface area contributed by atoms with Crippen LogP contribution in [0.2, 0.25) is 0 Å². The molecule has 1 aromatic carbocycles. The van der Waals surface area contributed by atoms with Crippen molar-refractivity contribution in [1.29, 1.82) is 0 Å². The molecule has 0 aliphatic carbocycles. The fourth-order valence-electron chi connectivity index (χ4n) is 2.57. The fraction of sp³-hybridized carbons (Fsp3) is 0.500. The summed E-state index contributed by atoms with van der Waals surface area (Å²) in [5.41, 5.74) is 7.03. The third kappa shape index (κ3) is 3.88. The van der Waals surface area contributed by atoms with Gasteiger partial charge in [-0.25, -0.2) is 4.39 Å². The predicted molar refractivity (Wildman–Crippen MR) is 81.0 cm³/mol. The zero-order valence-corrected chi connectivity index (χ0v) is 12.0. The maximum Gasteiger partial charge on any atom is 0.124 e. The first-order valence-electron chi connectivity index (χ1n) is 6.58. The summed E-state index contributed by atoms with van der Waals surface area (Å²) in [6, 6.07) is 4.52. The van der Waals surface area contributed by atoms with Crippen LogP contribution < -0.4 is 11.1 Å². The summed E-state index contributed by atoms with van der Waals surface area (Å²) in [4.78, 5) is 2.57. The second-order valence-electron chi connectivity index (χ2n) is 5.21. The van der Waals surface area contributed by atoms with Gasteiger partial charge in [-0.1, -0.05) is 12.2 Å². The largest absolute Gasteiger partial charge is 0.389 e. The third-order valence-corrected chi connectivity index (χ3v) is 3.77. The van der Waals surface area contributed by atoms with Crippen molar-refractivity contribution in [2.75, 3.05) is 32.0 Å². The van der Waals surface area contributed by atoms with Crippen LogP contribution in [0.3, 0.4) is 0 Å². The molecule has 0 amide bonds. The predicted octanol–water partition coefficient (Wildman–Crippen LogP) is 2.21. The first-order valence-corrected chi connectivity index (χ1v) is 6.99. The van der Waals surface area contributed by atoms with Crippen LogP contribution in [0.1, 0.15) is 18.4 Å². The lowest BCUT2D eigenvalue weighted by Gasteiger charge is -2.30. The van der Waals surface area contributed by atoms with Crippen LogP contribution in [0.4, 0.5) is 10.1 Å². The number of nitrogens with one attached hydrogen (secondary N) is 1. The number of nitrogens with two attached hydrogens (primary N) is 1. The van der Waals surface area contributed by atoms with Crippen LogP contribution >= 0.6 is 12.2 Å². The van der Waals surface area contributed by atoms with Crippen molar-refractivity contribution in [3.63, 3.8) is 0 Å². The molecule has 3 nitrogen and oxygen atoms in total. The van der Waals surface area contributed by atoms with Crippen molar-refractivity contribution in [2.45, 2.75) is 12.8 Å². The molecule has 1 atom stereocenters. The Morgan fingerprint density at radius 2 is 2.37 bits per heavy atom. The van der Waals surface area contributed by atoms with Crippen LogP contribution in [0.15, 0.2) is 18.2 Å². The molecule has 1 saturated heterocycles. The van der Waals surface area contributed by atoms with E-state index in [0.29, 0.717) is 11.5 Å². The quantitative estimate of drug-likeness (QED) is 0.830. The van der Waals surface area contributed by atoms with E-state index in [2.05, 4.69) is 17.3 Å². The molecular formula is C14H20FN3S. The minimum atomic E-state index is -0.314. The Balaban J connectivity index is 2.01. The van der Waals surface area contributed by atoms with Gasteiger partial charge in [-0.05, 0) is 50.6 Å². The van der Waals surface area contributed by atoms with Gasteiger partial charge in [0.15, 0.2) is 0 Å². The minimum absolute atomic E-state index is 0.225. The van der Waals surface area contributed by atoms with Gasteiger partial charge in [-0.3, -0.25) is 0 Å². The lowest BCUT2D eigenvalue weighted by molar-refractivity contribution is 0.217. The Morgan fingerprint density at radius 1 is 1.58 bits per heavy atom. The van der Waals surface area contributed by atoms with E-state index >= 15 is 0 Å². The van der Waals surface area contributed by atoms with Crippen molar-refractivity contribution < 1.29 is 4.39 Å². The monoisotopic (exact) mass is 281 g/mol. The molecule has 1 unspecified atom stereocenters. The van der Waals surface area contributed by atoms with E-state index in [0.717, 1.165) is 18.8 Å². The average molecular weight is 281 g/mol. The van der Waals surface area contributed by atoms with Crippen LogP contribution in [-0.2, 0) is 0 Å². The smallest absolute Gasteiger partial charge is 0.124 e. The van der Waals surface area contributed by atoms with Crippen molar-refractivity contribution in [3.05, 3.63) is 29.6 Å². The number of hydrogen-bond acceptors (Lipinski definition) is 3. The second-order valence-corrected chi connectivity index (χ2v) is 5.65. The molecule has 0 spiro atoms. The van der Waals surface area contributed by atoms with E-state index in [1.54, 1.807) is 6.07 Å². The van der Waals surface area contributed by atoms with Gasteiger partial charge in [0.2, 0.25) is 0 Å². The summed E-state index contributed by atoms with van der Waals surface area (Å²) in [5.74, 6) is 0.300. The Kier molecular flexibility index (Phi) is 4.71. The molecule has 3 N–H and O–H groups in total. The molecule has 19 heavy (non-hydrogen) atoms. The van der Waals surface area contributed by atoms with Gasteiger partial charge >= 0.3 is 0 Å². The number of anilines is 1. The topological polar surface area (TPSA) is 41.3 Å². The minimum Gasteiger partial charge on any atom is -0.389 e. The van der Waals surface area contributed by atoms with Crippen LogP contribution in [0.25, 0.3) is 0 Å². The number of nitrogens with zero attached hydrogens (tertiary/aromatic N) is 1. The fourth-order valence-corrected chi connectivity index (χ4v) is 2.74. The van der Waals surface area contributed by atoms with Crippen molar-refractivity contribution in [1.82, 2.24) is 4.90 Å². The van der Waals surface area contributed by atoms with Crippen molar-refractivity contribution >= 4 is 22.9 Å². The number of rotatable bonds is 4. The van der Waals surface area contributed by atoms with E-state index in [1.807, 2.05) is 0 Å². The maximum absolute atomic E-state index is 13.2. The molecule has 5 heteroatoms. The highest BCUT2D eigenvalue weighted by Crippen LogP contribution is 2.20. The van der Waals surface area contributed by atoms with E-state index in [9.17, 15) is 4.39 Å². The van der Waals surface area contributed by atoms with Gasteiger partial charge in [0.05, 0.1) is 0 Å². The Hall–Kier alpha value is -1.20. The molecule has 0 saturated carbocycles. The van der Waals surface area contributed by atoms with Crippen molar-refractivity contribution in [3.8, 4) is 0 Å². The summed E-state index contributed by atoms with van der Waals surface area (Å²) in [6.07, 6.45) is 2.45. The molecule has 1 aromatic rings. The lowest BCUT2D eigenvalue weighted by Crippen LogP contribution is -2.35. The zero-order chi connectivity index (χ0) is 13.8. The molecule has 1 fully saturated rings. The summed E-state index contributed by atoms with van der Waals surface area (Å²) in [6.45, 7) is 3.13. The highest BCUT2D eigenvalue weighted by molar-refractivity contribution is 7.80. The van der Waals surface area contributed by atoms with E-state index in [1.165, 1.54) is 31.5 Å².